The van der Waals surface area contributed by atoms with Gasteiger partial charge in [-0.05, 0) is 51.0 Å². The Bertz CT molecular complexity index is 451. The average molecular weight is 328 g/mol. The van der Waals surface area contributed by atoms with Crippen LogP contribution >= 0.6 is 15.9 Å². The molecule has 0 aliphatic carbocycles. The van der Waals surface area contributed by atoms with Crippen molar-refractivity contribution in [1.82, 2.24) is 5.32 Å². The molecule has 1 rings (SSSR count). The number of hydrogen-bond acceptors (Lipinski definition) is 1. The van der Waals surface area contributed by atoms with Crippen LogP contribution in [0, 0.1) is 11.2 Å². The topological polar surface area (TPSA) is 12.0 Å². The molecule has 0 fully saturated rings. The lowest BCUT2D eigenvalue weighted by Crippen LogP contribution is -2.43. The molecular formula is C16H23BrFN. The van der Waals surface area contributed by atoms with E-state index in [4.69, 9.17) is 0 Å². The van der Waals surface area contributed by atoms with E-state index in [1.807, 2.05) is 6.08 Å². The minimum absolute atomic E-state index is 0.0590. The molecule has 0 saturated heterocycles. The second-order valence-corrected chi connectivity index (χ2v) is 7.23. The fourth-order valence-corrected chi connectivity index (χ4v) is 2.17. The van der Waals surface area contributed by atoms with E-state index in [-0.39, 0.29) is 16.8 Å². The lowest BCUT2D eigenvalue weighted by molar-refractivity contribution is 0.322. The van der Waals surface area contributed by atoms with Gasteiger partial charge in [0.1, 0.15) is 5.82 Å². The Balaban J connectivity index is 2.85. The summed E-state index contributed by atoms with van der Waals surface area (Å²) in [4.78, 5) is 0. The highest BCUT2D eigenvalue weighted by atomic mass is 79.9. The molecule has 1 nitrogen and oxygen atoms in total. The summed E-state index contributed by atoms with van der Waals surface area (Å²) in [6.07, 6.45) is 2.70. The first-order valence-electron chi connectivity index (χ1n) is 6.48. The highest BCUT2D eigenvalue weighted by molar-refractivity contribution is 9.10. The third-order valence-corrected chi connectivity index (χ3v) is 3.89. The van der Waals surface area contributed by atoms with Crippen molar-refractivity contribution in [2.24, 2.45) is 5.41 Å². The molecule has 0 heterocycles. The first-order chi connectivity index (χ1) is 8.65. The molecule has 0 spiro atoms. The molecule has 0 aromatic heterocycles. The minimum Gasteiger partial charge on any atom is -0.311 e. The zero-order valence-corrected chi connectivity index (χ0v) is 13.8. The van der Waals surface area contributed by atoms with Crippen LogP contribution in [0.2, 0.25) is 0 Å². The molecule has 0 bridgehead atoms. The Morgan fingerprint density at radius 1 is 1.32 bits per heavy atom. The van der Waals surface area contributed by atoms with Gasteiger partial charge in [-0.1, -0.05) is 28.9 Å². The van der Waals surface area contributed by atoms with Gasteiger partial charge in [0.05, 0.1) is 0 Å². The van der Waals surface area contributed by atoms with Crippen molar-refractivity contribution in [2.45, 2.75) is 39.7 Å². The monoisotopic (exact) mass is 327 g/mol. The number of hydrogen-bond donors (Lipinski definition) is 1. The van der Waals surface area contributed by atoms with E-state index in [2.05, 4.69) is 55.5 Å². The van der Waals surface area contributed by atoms with Crippen LogP contribution in [-0.2, 0) is 6.42 Å². The van der Waals surface area contributed by atoms with Gasteiger partial charge in [-0.3, -0.25) is 0 Å². The summed E-state index contributed by atoms with van der Waals surface area (Å²) in [7, 11) is 0. The van der Waals surface area contributed by atoms with E-state index in [9.17, 15) is 4.39 Å². The van der Waals surface area contributed by atoms with Gasteiger partial charge in [-0.25, -0.2) is 4.39 Å². The molecule has 3 heteroatoms. The van der Waals surface area contributed by atoms with Crippen molar-refractivity contribution in [3.63, 3.8) is 0 Å². The molecule has 1 atom stereocenters. The Kier molecular flexibility index (Phi) is 5.34. The number of nitrogens with one attached hydrogen (secondary N) is 1. The van der Waals surface area contributed by atoms with Crippen molar-refractivity contribution >= 4 is 15.9 Å². The quantitative estimate of drug-likeness (QED) is 0.772. The summed E-state index contributed by atoms with van der Waals surface area (Å²) in [5, 5.41) is 3.49. The molecule has 106 valence electrons. The van der Waals surface area contributed by atoms with Crippen molar-refractivity contribution in [2.75, 3.05) is 6.54 Å². The highest BCUT2D eigenvalue weighted by Gasteiger charge is 2.24. The molecular weight excluding hydrogens is 305 g/mol. The summed E-state index contributed by atoms with van der Waals surface area (Å²) in [5.74, 6) is -0.201. The molecule has 1 N–H and O–H groups in total. The van der Waals surface area contributed by atoms with Crippen LogP contribution in [0.25, 0.3) is 0 Å². The Morgan fingerprint density at radius 2 is 1.95 bits per heavy atom. The van der Waals surface area contributed by atoms with Gasteiger partial charge in [-0.15, -0.1) is 6.58 Å². The molecule has 0 aliphatic heterocycles. The van der Waals surface area contributed by atoms with Crippen LogP contribution in [0.4, 0.5) is 4.39 Å². The van der Waals surface area contributed by atoms with Crippen molar-refractivity contribution < 1.29 is 4.39 Å². The third kappa shape index (κ3) is 5.45. The maximum Gasteiger partial charge on any atom is 0.123 e. The van der Waals surface area contributed by atoms with E-state index in [0.29, 0.717) is 0 Å². The van der Waals surface area contributed by atoms with E-state index in [1.165, 1.54) is 6.07 Å². The smallest absolute Gasteiger partial charge is 0.123 e. The molecule has 19 heavy (non-hydrogen) atoms. The standard InChI is InChI=1S/C16H23BrFN/c1-6-16(5,11-19-15(2,3)4)10-12-9-13(18)7-8-14(12)17/h6-9,19H,1,10-11H2,2-5H3. The van der Waals surface area contributed by atoms with E-state index in [0.717, 1.165) is 23.0 Å². The minimum atomic E-state index is -0.201. The van der Waals surface area contributed by atoms with Gasteiger partial charge in [-0.2, -0.15) is 0 Å². The van der Waals surface area contributed by atoms with Gasteiger partial charge in [0.15, 0.2) is 0 Å². The first kappa shape index (κ1) is 16.4. The second kappa shape index (κ2) is 6.19. The van der Waals surface area contributed by atoms with Gasteiger partial charge < -0.3 is 5.32 Å². The summed E-state index contributed by atoms with van der Waals surface area (Å²) >= 11 is 3.48. The van der Waals surface area contributed by atoms with Crippen LogP contribution in [-0.4, -0.2) is 12.1 Å². The van der Waals surface area contributed by atoms with E-state index < -0.39 is 0 Å². The van der Waals surface area contributed by atoms with Crippen LogP contribution in [0.1, 0.15) is 33.3 Å². The predicted molar refractivity (Wildman–Crippen MR) is 83.9 cm³/mol. The summed E-state index contributed by atoms with van der Waals surface area (Å²) < 4.78 is 14.3. The van der Waals surface area contributed by atoms with E-state index in [1.54, 1.807) is 12.1 Å². The van der Waals surface area contributed by atoms with E-state index >= 15 is 0 Å². The van der Waals surface area contributed by atoms with Gasteiger partial charge in [0.2, 0.25) is 0 Å². The number of benzene rings is 1. The molecule has 0 amide bonds. The van der Waals surface area contributed by atoms with Crippen LogP contribution in [0.3, 0.4) is 0 Å². The first-order valence-corrected chi connectivity index (χ1v) is 7.27. The molecule has 0 aliphatic rings. The molecule has 1 aromatic carbocycles. The van der Waals surface area contributed by atoms with Gasteiger partial charge >= 0.3 is 0 Å². The molecule has 0 radical (unpaired) electrons. The Hall–Kier alpha value is -0.670. The normalized spacial score (nSPS) is 15.1. The predicted octanol–water partition coefficient (Wildman–Crippen LogP) is 4.71. The Morgan fingerprint density at radius 3 is 2.47 bits per heavy atom. The third-order valence-electron chi connectivity index (χ3n) is 3.12. The maximum atomic E-state index is 13.3. The van der Waals surface area contributed by atoms with Crippen molar-refractivity contribution in [3.05, 3.63) is 46.7 Å². The fraction of sp³-hybridized carbons (Fsp3) is 0.500. The van der Waals surface area contributed by atoms with Crippen LogP contribution in [0.15, 0.2) is 35.3 Å². The molecule has 0 saturated carbocycles. The van der Waals surface area contributed by atoms with Gasteiger partial charge in [0.25, 0.3) is 0 Å². The summed E-state index contributed by atoms with van der Waals surface area (Å²) in [6, 6.07) is 4.81. The zero-order chi connectivity index (χ0) is 14.7. The number of halogens is 2. The zero-order valence-electron chi connectivity index (χ0n) is 12.2. The molecule has 1 unspecified atom stereocenters. The average Bonchev–Trinajstić information content (AvgIpc) is 2.31. The maximum absolute atomic E-state index is 13.3. The summed E-state index contributed by atoms with van der Waals surface area (Å²) in [6.45, 7) is 13.3. The highest BCUT2D eigenvalue weighted by Crippen LogP contribution is 2.28. The van der Waals surface area contributed by atoms with Crippen LogP contribution in [0.5, 0.6) is 0 Å². The largest absolute Gasteiger partial charge is 0.311 e. The van der Waals surface area contributed by atoms with Crippen LogP contribution < -0.4 is 5.32 Å². The van der Waals surface area contributed by atoms with Crippen molar-refractivity contribution in [1.29, 1.82) is 0 Å². The fourth-order valence-electron chi connectivity index (χ4n) is 1.79. The second-order valence-electron chi connectivity index (χ2n) is 6.37. The lowest BCUT2D eigenvalue weighted by Gasteiger charge is -2.31. The Labute approximate surface area is 124 Å². The summed E-state index contributed by atoms with van der Waals surface area (Å²) in [5.41, 5.74) is 0.922. The van der Waals surface area contributed by atoms with Gasteiger partial charge in [0, 0.05) is 22.0 Å². The van der Waals surface area contributed by atoms with Crippen molar-refractivity contribution in [3.8, 4) is 0 Å². The molecule has 1 aromatic rings. The SMILES string of the molecule is C=CC(C)(CNC(C)(C)C)Cc1cc(F)ccc1Br. The number of rotatable bonds is 5. The lowest BCUT2D eigenvalue weighted by atomic mass is 9.83.